The predicted octanol–water partition coefficient (Wildman–Crippen LogP) is 1.72. The van der Waals surface area contributed by atoms with Crippen LogP contribution in [0.25, 0.3) is 0 Å². The maximum Gasteiger partial charge on any atom is 0.120 e. The molecule has 9 heavy (non-hydrogen) atoms. The summed E-state index contributed by atoms with van der Waals surface area (Å²) in [7, 11) is 0. The topological polar surface area (TPSA) is 26.0 Å². The Bertz CT molecular complexity index is 170. The first-order valence-electron chi connectivity index (χ1n) is 3.03. The number of hydrogen-bond acceptors (Lipinski definition) is 1. The van der Waals surface area contributed by atoms with Gasteiger partial charge in [-0.15, -0.1) is 0 Å². The Morgan fingerprint density at radius 2 is 2.44 bits per heavy atom. The van der Waals surface area contributed by atoms with E-state index < -0.39 is 0 Å². The van der Waals surface area contributed by atoms with Crippen molar-refractivity contribution in [3.8, 4) is 0 Å². The molecule has 0 heterocycles. The maximum atomic E-state index is 12.3. The molecule has 0 amide bonds. The van der Waals surface area contributed by atoms with Crippen molar-refractivity contribution >= 4 is 0 Å². The molecular formula is C7H10FN. The lowest BCUT2D eigenvalue weighted by atomic mass is 9.99. The second kappa shape index (κ2) is 2.21. The van der Waals surface area contributed by atoms with Crippen LogP contribution in [-0.4, -0.2) is 0 Å². The van der Waals surface area contributed by atoms with E-state index in [9.17, 15) is 4.39 Å². The van der Waals surface area contributed by atoms with Gasteiger partial charge in [0.2, 0.25) is 0 Å². The smallest absolute Gasteiger partial charge is 0.120 e. The van der Waals surface area contributed by atoms with Crippen LogP contribution < -0.4 is 5.73 Å². The zero-order valence-corrected chi connectivity index (χ0v) is 5.39. The summed E-state index contributed by atoms with van der Waals surface area (Å²) < 4.78 is 12.3. The van der Waals surface area contributed by atoms with E-state index in [1.54, 1.807) is 6.08 Å². The first-order valence-corrected chi connectivity index (χ1v) is 3.03. The molecule has 2 N–H and O–H groups in total. The minimum absolute atomic E-state index is 0.203. The number of rotatable bonds is 0. The van der Waals surface area contributed by atoms with Gasteiger partial charge in [-0.3, -0.25) is 0 Å². The molecule has 0 aromatic rings. The molecular weight excluding hydrogens is 117 g/mol. The molecule has 1 rings (SSSR count). The lowest BCUT2D eigenvalue weighted by Crippen LogP contribution is -2.10. The zero-order valence-electron chi connectivity index (χ0n) is 5.39. The van der Waals surface area contributed by atoms with Crippen LogP contribution in [0.1, 0.15) is 13.3 Å². The molecule has 2 heteroatoms. The summed E-state index contributed by atoms with van der Waals surface area (Å²) in [5.41, 5.74) is 6.10. The normalized spacial score (nSPS) is 27.1. The first-order chi connectivity index (χ1) is 4.20. The molecule has 1 atom stereocenters. The fraction of sp³-hybridized carbons (Fsp3) is 0.429. The summed E-state index contributed by atoms with van der Waals surface area (Å²) in [6, 6.07) is 0. The van der Waals surface area contributed by atoms with Gasteiger partial charge in [0.15, 0.2) is 0 Å². The third-order valence-corrected chi connectivity index (χ3v) is 1.54. The Balaban J connectivity index is 2.74. The third kappa shape index (κ3) is 1.31. The summed E-state index contributed by atoms with van der Waals surface area (Å²) in [4.78, 5) is 0. The van der Waals surface area contributed by atoms with Gasteiger partial charge >= 0.3 is 0 Å². The largest absolute Gasteiger partial charge is 0.402 e. The first kappa shape index (κ1) is 6.33. The van der Waals surface area contributed by atoms with Gasteiger partial charge in [0.25, 0.3) is 0 Å². The van der Waals surface area contributed by atoms with Crippen LogP contribution in [0, 0.1) is 5.92 Å². The molecule has 1 nitrogen and oxygen atoms in total. The molecule has 0 unspecified atom stereocenters. The maximum absolute atomic E-state index is 12.3. The molecule has 0 bridgehead atoms. The second-order valence-corrected chi connectivity index (χ2v) is 2.37. The van der Waals surface area contributed by atoms with Gasteiger partial charge in [0.1, 0.15) is 5.83 Å². The van der Waals surface area contributed by atoms with E-state index in [0.29, 0.717) is 11.6 Å². The Kier molecular flexibility index (Phi) is 1.56. The van der Waals surface area contributed by atoms with Crippen molar-refractivity contribution in [2.75, 3.05) is 0 Å². The van der Waals surface area contributed by atoms with Crippen molar-refractivity contribution in [2.45, 2.75) is 13.3 Å². The highest BCUT2D eigenvalue weighted by Crippen LogP contribution is 2.19. The van der Waals surface area contributed by atoms with Crippen molar-refractivity contribution in [1.29, 1.82) is 0 Å². The average Bonchev–Trinajstić information content (AvgIpc) is 1.80. The van der Waals surface area contributed by atoms with E-state index >= 15 is 0 Å². The standard InChI is InChI=1S/C7H10FN/c1-5-2-3-6(8)4-7(5)9/h3-5H,2,9H2,1H3/t5-/m1/s1. The number of nitrogens with two attached hydrogens (primary N) is 1. The molecule has 0 aromatic carbocycles. The van der Waals surface area contributed by atoms with Gasteiger partial charge in [0, 0.05) is 5.70 Å². The quantitative estimate of drug-likeness (QED) is 0.526. The number of halogens is 1. The van der Waals surface area contributed by atoms with Gasteiger partial charge < -0.3 is 5.73 Å². The van der Waals surface area contributed by atoms with Crippen LogP contribution in [0.2, 0.25) is 0 Å². The molecule has 50 valence electrons. The summed E-state index contributed by atoms with van der Waals surface area (Å²) in [6.07, 6.45) is 3.67. The molecule has 0 radical (unpaired) electrons. The molecule has 1 aliphatic rings. The third-order valence-electron chi connectivity index (χ3n) is 1.54. The fourth-order valence-electron chi connectivity index (χ4n) is 0.786. The van der Waals surface area contributed by atoms with E-state index in [1.165, 1.54) is 6.08 Å². The van der Waals surface area contributed by atoms with Crippen molar-refractivity contribution in [2.24, 2.45) is 11.7 Å². The van der Waals surface area contributed by atoms with Gasteiger partial charge in [-0.05, 0) is 24.5 Å². The second-order valence-electron chi connectivity index (χ2n) is 2.37. The Morgan fingerprint density at radius 3 is 2.89 bits per heavy atom. The molecule has 0 aliphatic heterocycles. The highest BCUT2D eigenvalue weighted by atomic mass is 19.1. The SMILES string of the molecule is C[C@@H]1CC=C(F)C=C1N. The molecule has 0 fully saturated rings. The summed E-state index contributed by atoms with van der Waals surface area (Å²) in [5.74, 6) is 0.107. The van der Waals surface area contributed by atoms with Gasteiger partial charge in [-0.25, -0.2) is 4.39 Å². The summed E-state index contributed by atoms with van der Waals surface area (Å²) in [6.45, 7) is 1.98. The van der Waals surface area contributed by atoms with Crippen molar-refractivity contribution in [3.05, 3.63) is 23.7 Å². The average molecular weight is 127 g/mol. The lowest BCUT2D eigenvalue weighted by molar-refractivity contribution is 0.601. The lowest BCUT2D eigenvalue weighted by Gasteiger charge is -2.12. The van der Waals surface area contributed by atoms with E-state index in [4.69, 9.17) is 5.73 Å². The fourth-order valence-corrected chi connectivity index (χ4v) is 0.786. The van der Waals surface area contributed by atoms with Crippen LogP contribution in [0.3, 0.4) is 0 Å². The van der Waals surface area contributed by atoms with Crippen LogP contribution >= 0.6 is 0 Å². The van der Waals surface area contributed by atoms with Crippen LogP contribution in [0.15, 0.2) is 23.7 Å². The van der Waals surface area contributed by atoms with E-state index in [2.05, 4.69) is 0 Å². The van der Waals surface area contributed by atoms with Crippen molar-refractivity contribution < 1.29 is 4.39 Å². The predicted molar refractivity (Wildman–Crippen MR) is 35.2 cm³/mol. The van der Waals surface area contributed by atoms with Crippen molar-refractivity contribution in [3.63, 3.8) is 0 Å². The minimum atomic E-state index is -0.203. The number of hydrogen-bond donors (Lipinski definition) is 1. The zero-order chi connectivity index (χ0) is 6.85. The Morgan fingerprint density at radius 1 is 1.78 bits per heavy atom. The van der Waals surface area contributed by atoms with Crippen LogP contribution in [0.5, 0.6) is 0 Å². The number of allylic oxidation sites excluding steroid dienone is 4. The van der Waals surface area contributed by atoms with Crippen LogP contribution in [0.4, 0.5) is 4.39 Å². The highest BCUT2D eigenvalue weighted by molar-refractivity contribution is 5.22. The monoisotopic (exact) mass is 127 g/mol. The molecule has 0 saturated heterocycles. The Labute approximate surface area is 54.0 Å². The van der Waals surface area contributed by atoms with Crippen molar-refractivity contribution in [1.82, 2.24) is 0 Å². The summed E-state index contributed by atoms with van der Waals surface area (Å²) >= 11 is 0. The molecule has 1 aliphatic carbocycles. The van der Waals surface area contributed by atoms with Gasteiger partial charge in [-0.1, -0.05) is 6.92 Å². The van der Waals surface area contributed by atoms with Gasteiger partial charge in [0.05, 0.1) is 0 Å². The minimum Gasteiger partial charge on any atom is -0.402 e. The van der Waals surface area contributed by atoms with Gasteiger partial charge in [-0.2, -0.15) is 0 Å². The molecule has 0 saturated carbocycles. The Hall–Kier alpha value is -0.790. The van der Waals surface area contributed by atoms with E-state index in [-0.39, 0.29) is 5.83 Å². The van der Waals surface area contributed by atoms with E-state index in [1.807, 2.05) is 6.92 Å². The highest BCUT2D eigenvalue weighted by Gasteiger charge is 2.08. The molecule has 0 aromatic heterocycles. The molecule has 0 spiro atoms. The van der Waals surface area contributed by atoms with E-state index in [0.717, 1.165) is 6.42 Å². The summed E-state index contributed by atoms with van der Waals surface area (Å²) in [5, 5.41) is 0. The van der Waals surface area contributed by atoms with Crippen LogP contribution in [-0.2, 0) is 0 Å².